The first-order valence-corrected chi connectivity index (χ1v) is 10.1. The first kappa shape index (κ1) is 15.2. The van der Waals surface area contributed by atoms with Gasteiger partial charge in [-0.3, -0.25) is 0 Å². The highest BCUT2D eigenvalue weighted by atomic mass is 16.5. The molecule has 0 fully saturated rings. The quantitative estimate of drug-likeness (QED) is 0.302. The average Bonchev–Trinajstić information content (AvgIpc) is 3.26. The molecule has 0 bridgehead atoms. The molecule has 3 nitrogen and oxygen atoms in total. The van der Waals surface area contributed by atoms with Crippen molar-refractivity contribution in [3.05, 3.63) is 78.9 Å². The Hall–Kier alpha value is -3.72. The maximum absolute atomic E-state index is 6.25. The van der Waals surface area contributed by atoms with Gasteiger partial charge in [0.1, 0.15) is 0 Å². The average molecular weight is 374 g/mol. The largest absolute Gasteiger partial charge is 0.453 e. The highest BCUT2D eigenvalue weighted by Gasteiger charge is 2.24. The van der Waals surface area contributed by atoms with E-state index in [2.05, 4.69) is 82.8 Å². The highest BCUT2D eigenvalue weighted by molar-refractivity contribution is 6.19. The van der Waals surface area contributed by atoms with Gasteiger partial charge in [-0.2, -0.15) is 0 Å². The summed E-state index contributed by atoms with van der Waals surface area (Å²) >= 11 is 0. The minimum absolute atomic E-state index is 0.904. The number of ether oxygens (including phenoxy) is 1. The van der Waals surface area contributed by atoms with Gasteiger partial charge in [0.2, 0.25) is 0 Å². The van der Waals surface area contributed by atoms with Gasteiger partial charge < -0.3 is 13.9 Å². The van der Waals surface area contributed by atoms with E-state index in [1.54, 1.807) is 0 Å². The number of fused-ring (bicyclic) bond motifs is 8. The molecule has 138 valence electrons. The molecule has 0 atom stereocenters. The van der Waals surface area contributed by atoms with Crippen molar-refractivity contribution in [2.75, 3.05) is 0 Å². The minimum atomic E-state index is 0.904. The van der Waals surface area contributed by atoms with E-state index in [4.69, 9.17) is 4.74 Å². The maximum Gasteiger partial charge on any atom is 0.152 e. The van der Waals surface area contributed by atoms with Crippen LogP contribution in [0, 0.1) is 0 Å². The summed E-state index contributed by atoms with van der Waals surface area (Å²) in [5.41, 5.74) is 6.06. The van der Waals surface area contributed by atoms with Crippen LogP contribution in [0.2, 0.25) is 0 Å². The van der Waals surface area contributed by atoms with Gasteiger partial charge in [-0.25, -0.2) is 0 Å². The number of rotatable bonds is 1. The Bertz CT molecular complexity index is 1620. The standard InChI is InChI=1S/C26H18N2O/c1-2-27-20-10-4-3-8-16(20)18-14-19-17-9-7-13-25-26(17)28(23(19)15-22(18)27)21-11-5-6-12-24(21)29-25/h3-15H,2H2,1H3. The van der Waals surface area contributed by atoms with Crippen molar-refractivity contribution < 1.29 is 4.74 Å². The van der Waals surface area contributed by atoms with Crippen molar-refractivity contribution in [3.63, 3.8) is 0 Å². The van der Waals surface area contributed by atoms with Crippen molar-refractivity contribution in [2.24, 2.45) is 0 Å². The second-order valence-electron chi connectivity index (χ2n) is 7.71. The highest BCUT2D eigenvalue weighted by Crippen LogP contribution is 2.46. The van der Waals surface area contributed by atoms with Crippen LogP contribution in [-0.4, -0.2) is 9.13 Å². The van der Waals surface area contributed by atoms with Crippen molar-refractivity contribution >= 4 is 43.6 Å². The summed E-state index contributed by atoms with van der Waals surface area (Å²) in [6.07, 6.45) is 0. The summed E-state index contributed by atoms with van der Waals surface area (Å²) in [6, 6.07) is 28.1. The van der Waals surface area contributed by atoms with Crippen LogP contribution in [0.5, 0.6) is 11.5 Å². The second kappa shape index (κ2) is 5.21. The van der Waals surface area contributed by atoms with Gasteiger partial charge in [-0.1, -0.05) is 42.5 Å². The fraction of sp³-hybridized carbons (Fsp3) is 0.0769. The zero-order chi connectivity index (χ0) is 19.1. The Kier molecular flexibility index (Phi) is 2.73. The lowest BCUT2D eigenvalue weighted by atomic mass is 10.1. The minimum Gasteiger partial charge on any atom is -0.453 e. The van der Waals surface area contributed by atoms with Crippen molar-refractivity contribution in [1.29, 1.82) is 0 Å². The molecule has 0 unspecified atom stereocenters. The predicted octanol–water partition coefficient (Wildman–Crippen LogP) is 7.02. The molecule has 0 amide bonds. The molecular formula is C26H18N2O. The fourth-order valence-corrected chi connectivity index (χ4v) is 5.09. The van der Waals surface area contributed by atoms with Crippen molar-refractivity contribution in [2.45, 2.75) is 13.5 Å². The lowest BCUT2D eigenvalue weighted by molar-refractivity contribution is 0.476. The van der Waals surface area contributed by atoms with E-state index in [1.165, 1.54) is 38.1 Å². The molecule has 0 radical (unpaired) electrons. The van der Waals surface area contributed by atoms with Crippen LogP contribution in [0.4, 0.5) is 0 Å². The van der Waals surface area contributed by atoms with Gasteiger partial charge in [0, 0.05) is 33.6 Å². The van der Waals surface area contributed by atoms with E-state index in [0.717, 1.165) is 29.2 Å². The van der Waals surface area contributed by atoms with Crippen molar-refractivity contribution in [3.8, 4) is 17.2 Å². The topological polar surface area (TPSA) is 19.1 Å². The number of aryl methyl sites for hydroxylation is 1. The molecule has 2 aromatic heterocycles. The van der Waals surface area contributed by atoms with Crippen LogP contribution in [0.3, 0.4) is 0 Å². The smallest absolute Gasteiger partial charge is 0.152 e. The number of hydrogen-bond donors (Lipinski definition) is 0. The monoisotopic (exact) mass is 374 g/mol. The zero-order valence-electron chi connectivity index (χ0n) is 16.0. The fourth-order valence-electron chi connectivity index (χ4n) is 5.09. The van der Waals surface area contributed by atoms with Crippen LogP contribution in [0.25, 0.3) is 49.3 Å². The number of nitrogens with zero attached hydrogens (tertiary/aromatic N) is 2. The van der Waals surface area contributed by atoms with E-state index in [-0.39, 0.29) is 0 Å². The molecule has 0 aliphatic carbocycles. The second-order valence-corrected chi connectivity index (χ2v) is 7.71. The zero-order valence-corrected chi connectivity index (χ0v) is 16.0. The molecule has 0 saturated carbocycles. The Balaban J connectivity index is 1.76. The molecule has 0 N–H and O–H groups in total. The van der Waals surface area contributed by atoms with Crippen LogP contribution in [-0.2, 0) is 6.54 Å². The maximum atomic E-state index is 6.25. The van der Waals surface area contributed by atoms with E-state index in [1.807, 2.05) is 12.1 Å². The molecule has 1 aliphatic rings. The number of benzene rings is 4. The van der Waals surface area contributed by atoms with Crippen LogP contribution in [0.15, 0.2) is 78.9 Å². The lowest BCUT2D eigenvalue weighted by Crippen LogP contribution is -2.03. The molecule has 3 heterocycles. The third-order valence-electron chi connectivity index (χ3n) is 6.29. The molecule has 6 aromatic rings. The Morgan fingerprint density at radius 3 is 2.34 bits per heavy atom. The molecular weight excluding hydrogens is 356 g/mol. The summed E-state index contributed by atoms with van der Waals surface area (Å²) in [4.78, 5) is 0. The van der Waals surface area contributed by atoms with Crippen LogP contribution >= 0.6 is 0 Å². The van der Waals surface area contributed by atoms with E-state index in [9.17, 15) is 0 Å². The summed E-state index contributed by atoms with van der Waals surface area (Å²) in [7, 11) is 0. The Morgan fingerprint density at radius 1 is 0.655 bits per heavy atom. The van der Waals surface area contributed by atoms with Gasteiger partial charge in [0.05, 0.1) is 22.2 Å². The summed E-state index contributed by atoms with van der Waals surface area (Å²) < 4.78 is 11.0. The Labute approximate surface area is 167 Å². The van der Waals surface area contributed by atoms with E-state index < -0.39 is 0 Å². The predicted molar refractivity (Wildman–Crippen MR) is 120 cm³/mol. The van der Waals surface area contributed by atoms with Gasteiger partial charge in [-0.15, -0.1) is 0 Å². The molecule has 3 heteroatoms. The summed E-state index contributed by atoms with van der Waals surface area (Å²) in [5, 5.41) is 5.14. The number of aromatic nitrogens is 2. The van der Waals surface area contributed by atoms with Gasteiger partial charge in [0.15, 0.2) is 11.5 Å². The van der Waals surface area contributed by atoms with E-state index >= 15 is 0 Å². The SMILES string of the molecule is CCn1c2ccccc2c2cc3c4cccc5c4n(c3cc21)-c1ccccc1O5. The van der Waals surface area contributed by atoms with Crippen LogP contribution in [0.1, 0.15) is 6.92 Å². The van der Waals surface area contributed by atoms with E-state index in [0.29, 0.717) is 0 Å². The molecule has 1 aliphatic heterocycles. The molecule has 0 saturated heterocycles. The van der Waals surface area contributed by atoms with Gasteiger partial charge in [0.25, 0.3) is 0 Å². The number of hydrogen-bond acceptors (Lipinski definition) is 1. The molecule has 7 rings (SSSR count). The number of para-hydroxylation sites is 4. The first-order chi connectivity index (χ1) is 14.3. The third-order valence-corrected chi connectivity index (χ3v) is 6.29. The molecule has 4 aromatic carbocycles. The normalized spacial score (nSPS) is 12.7. The van der Waals surface area contributed by atoms with Crippen molar-refractivity contribution in [1.82, 2.24) is 9.13 Å². The third kappa shape index (κ3) is 1.78. The van der Waals surface area contributed by atoms with Crippen LogP contribution < -0.4 is 4.74 Å². The molecule has 0 spiro atoms. The van der Waals surface area contributed by atoms with Gasteiger partial charge >= 0.3 is 0 Å². The van der Waals surface area contributed by atoms with Gasteiger partial charge in [-0.05, 0) is 43.3 Å². The lowest BCUT2D eigenvalue weighted by Gasteiger charge is -2.20. The molecule has 29 heavy (non-hydrogen) atoms. The summed E-state index contributed by atoms with van der Waals surface area (Å²) in [6.45, 7) is 3.16. The summed E-state index contributed by atoms with van der Waals surface area (Å²) in [5.74, 6) is 1.83. The first-order valence-electron chi connectivity index (χ1n) is 10.1. The Morgan fingerprint density at radius 2 is 1.41 bits per heavy atom.